The molecule has 2 aromatic rings. The Labute approximate surface area is 154 Å². The van der Waals surface area contributed by atoms with Crippen molar-refractivity contribution in [1.29, 1.82) is 0 Å². The Morgan fingerprint density at radius 2 is 2.33 bits per heavy atom. The van der Waals surface area contributed by atoms with Crippen LogP contribution in [0.25, 0.3) is 15.8 Å². The standard InChI is InChI=1S/C19H20BrFN2S/c1-3-14(6-4-5-13(2)23-10-9-16(21)12-23)19-22-17-8-7-15(20)11-18(17)24-19/h3,5-8,11,16H,1,4,9-10,12H2,2H3/b13-5?,14-6+. The number of aromatic nitrogens is 1. The molecule has 2 heterocycles. The number of hydrogen-bond acceptors (Lipinski definition) is 3. The molecule has 1 aromatic heterocycles. The van der Waals surface area contributed by atoms with E-state index in [1.807, 2.05) is 18.2 Å². The van der Waals surface area contributed by atoms with Crippen molar-refractivity contribution in [3.05, 3.63) is 58.2 Å². The quantitative estimate of drug-likeness (QED) is 0.568. The summed E-state index contributed by atoms with van der Waals surface area (Å²) in [4.78, 5) is 6.80. The van der Waals surface area contributed by atoms with Crippen molar-refractivity contribution >= 4 is 43.1 Å². The van der Waals surface area contributed by atoms with Gasteiger partial charge in [-0.3, -0.25) is 0 Å². The predicted octanol–water partition coefficient (Wildman–Crippen LogP) is 5.97. The Hall–Kier alpha value is -1.46. The maximum Gasteiger partial charge on any atom is 0.124 e. The summed E-state index contributed by atoms with van der Waals surface area (Å²) >= 11 is 5.16. The Balaban J connectivity index is 1.74. The maximum absolute atomic E-state index is 13.3. The van der Waals surface area contributed by atoms with Gasteiger partial charge in [-0.15, -0.1) is 11.3 Å². The second-order valence-corrected chi connectivity index (χ2v) is 7.85. The molecule has 0 N–H and O–H groups in total. The van der Waals surface area contributed by atoms with Crippen LogP contribution in [0.2, 0.25) is 0 Å². The van der Waals surface area contributed by atoms with Gasteiger partial charge in [-0.05, 0) is 38.0 Å². The van der Waals surface area contributed by atoms with Gasteiger partial charge in [0.2, 0.25) is 0 Å². The molecule has 5 heteroatoms. The lowest BCUT2D eigenvalue weighted by atomic mass is 10.2. The van der Waals surface area contributed by atoms with Gasteiger partial charge in [-0.25, -0.2) is 9.37 Å². The second-order valence-electron chi connectivity index (χ2n) is 5.91. The maximum atomic E-state index is 13.3. The van der Waals surface area contributed by atoms with Crippen LogP contribution in [0.3, 0.4) is 0 Å². The van der Waals surface area contributed by atoms with Gasteiger partial charge < -0.3 is 4.90 Å². The molecule has 1 unspecified atom stereocenters. The van der Waals surface area contributed by atoms with Crippen LogP contribution in [0, 0.1) is 0 Å². The highest BCUT2D eigenvalue weighted by Gasteiger charge is 2.21. The van der Waals surface area contributed by atoms with Crippen molar-refractivity contribution in [3.63, 3.8) is 0 Å². The molecule has 2 nitrogen and oxygen atoms in total. The molecule has 0 bridgehead atoms. The smallest absolute Gasteiger partial charge is 0.124 e. The van der Waals surface area contributed by atoms with E-state index in [1.165, 1.54) is 0 Å². The molecule has 1 aromatic carbocycles. The summed E-state index contributed by atoms with van der Waals surface area (Å²) in [6.45, 7) is 7.30. The fourth-order valence-electron chi connectivity index (χ4n) is 2.80. The number of alkyl halides is 1. The van der Waals surface area contributed by atoms with E-state index in [4.69, 9.17) is 0 Å². The molecular weight excluding hydrogens is 387 g/mol. The third kappa shape index (κ3) is 3.95. The van der Waals surface area contributed by atoms with Crippen molar-refractivity contribution in [1.82, 2.24) is 9.88 Å². The van der Waals surface area contributed by atoms with E-state index in [-0.39, 0.29) is 0 Å². The van der Waals surface area contributed by atoms with E-state index < -0.39 is 6.17 Å². The number of likely N-dealkylation sites (tertiary alicyclic amines) is 1. The number of nitrogens with zero attached hydrogens (tertiary/aromatic N) is 2. The molecule has 0 spiro atoms. The molecule has 0 aliphatic carbocycles. The van der Waals surface area contributed by atoms with Gasteiger partial charge in [0.15, 0.2) is 0 Å². The number of rotatable bonds is 5. The first-order valence-electron chi connectivity index (χ1n) is 8.01. The van der Waals surface area contributed by atoms with Crippen molar-refractivity contribution in [2.75, 3.05) is 13.1 Å². The molecule has 1 aliphatic rings. The Morgan fingerprint density at radius 1 is 1.50 bits per heavy atom. The number of halogens is 2. The highest BCUT2D eigenvalue weighted by atomic mass is 79.9. The van der Waals surface area contributed by atoms with Crippen molar-refractivity contribution in [3.8, 4) is 0 Å². The zero-order chi connectivity index (χ0) is 17.1. The van der Waals surface area contributed by atoms with E-state index >= 15 is 0 Å². The SMILES string of the molecule is C=C/C(=C\CC=C(C)N1CCC(F)C1)c1nc2ccc(Br)cc2s1. The lowest BCUT2D eigenvalue weighted by molar-refractivity contribution is 0.324. The third-order valence-electron chi connectivity index (χ3n) is 4.20. The van der Waals surface area contributed by atoms with Crippen LogP contribution < -0.4 is 0 Å². The Bertz CT molecular complexity index is 809. The first-order chi connectivity index (χ1) is 11.6. The summed E-state index contributed by atoms with van der Waals surface area (Å²) in [6, 6.07) is 6.11. The summed E-state index contributed by atoms with van der Waals surface area (Å²) in [5.41, 5.74) is 3.19. The normalized spacial score (nSPS) is 19.3. The average molecular weight is 407 g/mol. The van der Waals surface area contributed by atoms with E-state index in [0.29, 0.717) is 13.0 Å². The van der Waals surface area contributed by atoms with Gasteiger partial charge in [-0.1, -0.05) is 40.7 Å². The molecule has 1 fully saturated rings. The topological polar surface area (TPSA) is 16.1 Å². The van der Waals surface area contributed by atoms with E-state index in [0.717, 1.165) is 43.9 Å². The molecule has 1 atom stereocenters. The van der Waals surface area contributed by atoms with Gasteiger partial charge in [0.05, 0.1) is 10.2 Å². The molecule has 0 radical (unpaired) electrons. The van der Waals surface area contributed by atoms with Crippen LogP contribution >= 0.6 is 27.3 Å². The molecule has 126 valence electrons. The van der Waals surface area contributed by atoms with Crippen LogP contribution in [0.5, 0.6) is 0 Å². The zero-order valence-electron chi connectivity index (χ0n) is 13.6. The number of thiazole rings is 1. The summed E-state index contributed by atoms with van der Waals surface area (Å²) in [6.07, 6.45) is 6.87. The Morgan fingerprint density at radius 3 is 3.04 bits per heavy atom. The molecule has 24 heavy (non-hydrogen) atoms. The lowest BCUT2D eigenvalue weighted by Crippen LogP contribution is -2.18. The van der Waals surface area contributed by atoms with Crippen LogP contribution in [-0.2, 0) is 0 Å². The van der Waals surface area contributed by atoms with Crippen molar-refractivity contribution in [2.45, 2.75) is 25.9 Å². The average Bonchev–Trinajstić information content (AvgIpc) is 3.17. The Kier molecular flexibility index (Phi) is 5.51. The number of fused-ring (bicyclic) bond motifs is 1. The minimum Gasteiger partial charge on any atom is -0.372 e. The summed E-state index contributed by atoms with van der Waals surface area (Å²) in [5, 5.41) is 0.981. The van der Waals surface area contributed by atoms with Crippen molar-refractivity contribution in [2.24, 2.45) is 0 Å². The summed E-state index contributed by atoms with van der Waals surface area (Å²) in [7, 11) is 0. The molecule has 1 aliphatic heterocycles. The molecule has 1 saturated heterocycles. The molecule has 3 rings (SSSR count). The number of benzene rings is 1. The van der Waals surface area contributed by atoms with Gasteiger partial charge in [0, 0.05) is 28.8 Å². The molecule has 0 saturated carbocycles. The first kappa shape index (κ1) is 17.4. The number of allylic oxidation sites excluding steroid dienone is 5. The van der Waals surface area contributed by atoms with Gasteiger partial charge >= 0.3 is 0 Å². The highest BCUT2D eigenvalue weighted by Crippen LogP contribution is 2.30. The largest absolute Gasteiger partial charge is 0.372 e. The monoisotopic (exact) mass is 406 g/mol. The highest BCUT2D eigenvalue weighted by molar-refractivity contribution is 9.10. The summed E-state index contributed by atoms with van der Waals surface area (Å²) < 4.78 is 15.5. The predicted molar refractivity (Wildman–Crippen MR) is 105 cm³/mol. The summed E-state index contributed by atoms with van der Waals surface area (Å²) in [5.74, 6) is 0. The third-order valence-corrected chi connectivity index (χ3v) is 5.76. The lowest BCUT2D eigenvalue weighted by Gasteiger charge is -2.17. The van der Waals surface area contributed by atoms with Crippen LogP contribution in [0.15, 0.2) is 53.2 Å². The van der Waals surface area contributed by atoms with Crippen molar-refractivity contribution < 1.29 is 4.39 Å². The van der Waals surface area contributed by atoms with Crippen LogP contribution in [0.4, 0.5) is 4.39 Å². The fraction of sp³-hybridized carbons (Fsp3) is 0.316. The van der Waals surface area contributed by atoms with Gasteiger partial charge in [0.25, 0.3) is 0 Å². The first-order valence-corrected chi connectivity index (χ1v) is 9.62. The minimum absolute atomic E-state index is 0.521. The van der Waals surface area contributed by atoms with Crippen LogP contribution in [0.1, 0.15) is 24.8 Å². The molecular formula is C19H20BrFN2S. The molecule has 0 amide bonds. The number of hydrogen-bond donors (Lipinski definition) is 0. The van der Waals surface area contributed by atoms with E-state index in [2.05, 4.69) is 57.5 Å². The fourth-order valence-corrected chi connectivity index (χ4v) is 4.36. The van der Waals surface area contributed by atoms with E-state index in [1.54, 1.807) is 11.3 Å². The zero-order valence-corrected chi connectivity index (χ0v) is 16.0. The van der Waals surface area contributed by atoms with Gasteiger partial charge in [0.1, 0.15) is 11.2 Å². The van der Waals surface area contributed by atoms with Gasteiger partial charge in [-0.2, -0.15) is 0 Å². The minimum atomic E-state index is -0.685. The van der Waals surface area contributed by atoms with E-state index in [9.17, 15) is 4.39 Å². The van der Waals surface area contributed by atoms with Crippen LogP contribution in [-0.4, -0.2) is 29.1 Å². The second kappa shape index (κ2) is 7.62.